The van der Waals surface area contributed by atoms with E-state index in [1.807, 2.05) is 0 Å². The Morgan fingerprint density at radius 2 is 1.80 bits per heavy atom. The minimum atomic E-state index is -4.82. The molecule has 1 unspecified atom stereocenters. The Balaban J connectivity index is 2.45. The summed E-state index contributed by atoms with van der Waals surface area (Å²) in [6, 6.07) is 8.01. The molecule has 0 aliphatic heterocycles. The van der Waals surface area contributed by atoms with Crippen molar-refractivity contribution in [1.29, 1.82) is 0 Å². The smallest absolute Gasteiger partial charge is 0.231 e. The van der Waals surface area contributed by atoms with Crippen molar-refractivity contribution in [1.82, 2.24) is 0 Å². The summed E-state index contributed by atoms with van der Waals surface area (Å²) in [7, 11) is 0. The lowest BCUT2D eigenvalue weighted by Gasteiger charge is -2.09. The van der Waals surface area contributed by atoms with Gasteiger partial charge in [0.2, 0.25) is 6.17 Å². The van der Waals surface area contributed by atoms with E-state index in [9.17, 15) is 17.6 Å². The molecular formula is C10H6F4S. The number of alkyl halides is 4. The van der Waals surface area contributed by atoms with Crippen LogP contribution in [0.3, 0.4) is 0 Å². The molecule has 0 aliphatic rings. The molecule has 5 heteroatoms. The van der Waals surface area contributed by atoms with Crippen LogP contribution in [0.15, 0.2) is 30.3 Å². The fraction of sp³-hybridized carbons (Fsp3) is 0.200. The molecule has 0 saturated heterocycles. The summed E-state index contributed by atoms with van der Waals surface area (Å²) in [5.74, 6) is 0. The average molecular weight is 234 g/mol. The Bertz CT molecular complexity index is 438. The molecule has 15 heavy (non-hydrogen) atoms. The standard InChI is InChI=1S/C10H6F4S/c11-9(10(12,13)14)8-5-6-3-1-2-4-7(6)15-8/h1-5,9H. The number of fused-ring (bicyclic) bond motifs is 1. The maximum atomic E-state index is 13.0. The summed E-state index contributed by atoms with van der Waals surface area (Å²) >= 11 is 0.837. The Labute approximate surface area is 87.1 Å². The molecule has 0 saturated carbocycles. The summed E-state index contributed by atoms with van der Waals surface area (Å²) in [6.07, 6.45) is -7.70. The Hall–Kier alpha value is -1.10. The SMILES string of the molecule is FC(c1cc2ccccc2s1)C(F)(F)F. The second kappa shape index (κ2) is 3.48. The molecule has 0 bridgehead atoms. The van der Waals surface area contributed by atoms with Gasteiger partial charge in [-0.25, -0.2) is 4.39 Å². The highest BCUT2D eigenvalue weighted by atomic mass is 32.1. The second-order valence-corrected chi connectivity index (χ2v) is 4.21. The van der Waals surface area contributed by atoms with Gasteiger partial charge >= 0.3 is 6.18 Å². The van der Waals surface area contributed by atoms with Crippen LogP contribution in [0.1, 0.15) is 11.0 Å². The molecule has 0 spiro atoms. The quantitative estimate of drug-likeness (QED) is 0.638. The molecule has 2 rings (SSSR count). The van der Waals surface area contributed by atoms with E-state index in [2.05, 4.69) is 0 Å². The fourth-order valence-corrected chi connectivity index (χ4v) is 2.36. The molecule has 0 aliphatic carbocycles. The molecule has 1 aromatic heterocycles. The zero-order chi connectivity index (χ0) is 11.1. The summed E-state index contributed by atoms with van der Waals surface area (Å²) in [4.78, 5) is -0.288. The van der Waals surface area contributed by atoms with Crippen molar-refractivity contribution in [3.63, 3.8) is 0 Å². The van der Waals surface area contributed by atoms with Crippen LogP contribution in [-0.4, -0.2) is 6.18 Å². The maximum absolute atomic E-state index is 13.0. The fourth-order valence-electron chi connectivity index (χ4n) is 1.29. The monoisotopic (exact) mass is 234 g/mol. The van der Waals surface area contributed by atoms with Crippen LogP contribution >= 0.6 is 11.3 Å². The Morgan fingerprint density at radius 3 is 2.40 bits per heavy atom. The van der Waals surface area contributed by atoms with Crippen molar-refractivity contribution in [2.24, 2.45) is 0 Å². The van der Waals surface area contributed by atoms with Crippen molar-refractivity contribution in [3.8, 4) is 0 Å². The van der Waals surface area contributed by atoms with E-state index in [0.29, 0.717) is 10.1 Å². The van der Waals surface area contributed by atoms with Crippen molar-refractivity contribution >= 4 is 21.4 Å². The highest BCUT2D eigenvalue weighted by Crippen LogP contribution is 2.40. The Morgan fingerprint density at radius 1 is 1.13 bits per heavy atom. The zero-order valence-corrected chi connectivity index (χ0v) is 8.20. The number of hydrogen-bond donors (Lipinski definition) is 0. The van der Waals surface area contributed by atoms with Crippen LogP contribution in [0.2, 0.25) is 0 Å². The third kappa shape index (κ3) is 1.97. The first-order valence-corrected chi connectivity index (χ1v) is 4.99. The molecule has 0 nitrogen and oxygen atoms in total. The minimum absolute atomic E-state index is 0.288. The number of hydrogen-bond acceptors (Lipinski definition) is 1. The molecule has 0 amide bonds. The van der Waals surface area contributed by atoms with Crippen molar-refractivity contribution in [2.75, 3.05) is 0 Å². The lowest BCUT2D eigenvalue weighted by atomic mass is 10.2. The van der Waals surface area contributed by atoms with Gasteiger partial charge in [-0.05, 0) is 17.5 Å². The first-order chi connectivity index (χ1) is 6.98. The number of halogens is 4. The van der Waals surface area contributed by atoms with Gasteiger partial charge in [0.05, 0.1) is 0 Å². The van der Waals surface area contributed by atoms with Crippen LogP contribution in [-0.2, 0) is 0 Å². The molecule has 2 aromatic rings. The van der Waals surface area contributed by atoms with Crippen LogP contribution in [0.25, 0.3) is 10.1 Å². The molecule has 0 radical (unpaired) electrons. The van der Waals surface area contributed by atoms with Crippen LogP contribution in [0.5, 0.6) is 0 Å². The molecule has 80 valence electrons. The van der Waals surface area contributed by atoms with Gasteiger partial charge in [-0.1, -0.05) is 18.2 Å². The van der Waals surface area contributed by atoms with Crippen LogP contribution in [0, 0.1) is 0 Å². The van der Waals surface area contributed by atoms with Crippen molar-refractivity contribution < 1.29 is 17.6 Å². The topological polar surface area (TPSA) is 0 Å². The van der Waals surface area contributed by atoms with Gasteiger partial charge in [-0.15, -0.1) is 11.3 Å². The molecule has 0 fully saturated rings. The molecule has 1 heterocycles. The van der Waals surface area contributed by atoms with E-state index < -0.39 is 12.3 Å². The first kappa shape index (κ1) is 10.4. The first-order valence-electron chi connectivity index (χ1n) is 4.18. The van der Waals surface area contributed by atoms with Crippen LogP contribution in [0.4, 0.5) is 17.6 Å². The summed E-state index contributed by atoms with van der Waals surface area (Å²) in [5, 5.41) is 0.643. The van der Waals surface area contributed by atoms with Gasteiger partial charge in [-0.3, -0.25) is 0 Å². The van der Waals surface area contributed by atoms with Gasteiger partial charge < -0.3 is 0 Å². The van der Waals surface area contributed by atoms with E-state index in [0.717, 1.165) is 11.3 Å². The van der Waals surface area contributed by atoms with E-state index in [1.54, 1.807) is 24.3 Å². The zero-order valence-electron chi connectivity index (χ0n) is 7.38. The van der Waals surface area contributed by atoms with E-state index >= 15 is 0 Å². The van der Waals surface area contributed by atoms with Crippen LogP contribution < -0.4 is 0 Å². The lowest BCUT2D eigenvalue weighted by Crippen LogP contribution is -2.15. The summed E-state index contributed by atoms with van der Waals surface area (Å²) in [6.45, 7) is 0. The van der Waals surface area contributed by atoms with Gasteiger partial charge in [0.25, 0.3) is 0 Å². The highest BCUT2D eigenvalue weighted by Gasteiger charge is 2.42. The number of thiophene rings is 1. The number of rotatable bonds is 1. The third-order valence-electron chi connectivity index (χ3n) is 1.98. The van der Waals surface area contributed by atoms with Gasteiger partial charge in [0, 0.05) is 9.58 Å². The predicted octanol–water partition coefficient (Wildman–Crippen LogP) is 4.47. The van der Waals surface area contributed by atoms with Gasteiger partial charge in [0.15, 0.2) is 0 Å². The third-order valence-corrected chi connectivity index (χ3v) is 3.13. The van der Waals surface area contributed by atoms with E-state index in [1.165, 1.54) is 6.07 Å². The second-order valence-electron chi connectivity index (χ2n) is 3.09. The summed E-state index contributed by atoms with van der Waals surface area (Å²) in [5.41, 5.74) is 0. The number of benzene rings is 1. The van der Waals surface area contributed by atoms with Gasteiger partial charge in [0.1, 0.15) is 0 Å². The molecular weight excluding hydrogens is 228 g/mol. The van der Waals surface area contributed by atoms with E-state index in [-0.39, 0.29) is 4.88 Å². The average Bonchev–Trinajstić information content (AvgIpc) is 2.58. The largest absolute Gasteiger partial charge is 0.424 e. The van der Waals surface area contributed by atoms with Crippen molar-refractivity contribution in [3.05, 3.63) is 35.2 Å². The maximum Gasteiger partial charge on any atom is 0.424 e. The van der Waals surface area contributed by atoms with Crippen molar-refractivity contribution in [2.45, 2.75) is 12.3 Å². The molecule has 0 N–H and O–H groups in total. The minimum Gasteiger partial charge on any atom is -0.231 e. The molecule has 1 atom stereocenters. The molecule has 1 aromatic carbocycles. The Kier molecular flexibility index (Phi) is 2.42. The normalized spacial score (nSPS) is 14.4. The van der Waals surface area contributed by atoms with E-state index in [4.69, 9.17) is 0 Å². The lowest BCUT2D eigenvalue weighted by molar-refractivity contribution is -0.181. The highest BCUT2D eigenvalue weighted by molar-refractivity contribution is 7.19. The predicted molar refractivity (Wildman–Crippen MR) is 51.7 cm³/mol. The van der Waals surface area contributed by atoms with Gasteiger partial charge in [-0.2, -0.15) is 13.2 Å². The summed E-state index contributed by atoms with van der Waals surface area (Å²) < 4.78 is 49.9.